The molecule has 1 aliphatic rings. The first kappa shape index (κ1) is 15.6. The average molecular weight is 314 g/mol. The molecular formula is C16H22N6O. The van der Waals surface area contributed by atoms with E-state index >= 15 is 0 Å². The van der Waals surface area contributed by atoms with E-state index < -0.39 is 0 Å². The third-order valence-corrected chi connectivity index (χ3v) is 4.11. The van der Waals surface area contributed by atoms with E-state index in [2.05, 4.69) is 32.7 Å². The summed E-state index contributed by atoms with van der Waals surface area (Å²) in [5, 5.41) is 14.0. The number of benzene rings is 1. The molecule has 1 heterocycles. The van der Waals surface area contributed by atoms with Gasteiger partial charge in [-0.05, 0) is 47.5 Å². The first-order valence-corrected chi connectivity index (χ1v) is 8.09. The van der Waals surface area contributed by atoms with Crippen molar-refractivity contribution in [2.24, 2.45) is 0 Å². The Morgan fingerprint density at radius 1 is 1.35 bits per heavy atom. The standard InChI is InChI=1S/C16H22N6O/c1-2-21(14-7-8-14)10-9-17-16(23)11-13-3-5-15(6-4-13)22-12-18-19-20-22/h3-6,12,14H,2,7-11H2,1H3,(H,17,23). The van der Waals surface area contributed by atoms with Crippen LogP contribution in [0.2, 0.25) is 0 Å². The Morgan fingerprint density at radius 2 is 2.13 bits per heavy atom. The minimum Gasteiger partial charge on any atom is -0.355 e. The van der Waals surface area contributed by atoms with Crippen LogP contribution in [0.5, 0.6) is 0 Å². The van der Waals surface area contributed by atoms with Gasteiger partial charge in [-0.3, -0.25) is 9.69 Å². The monoisotopic (exact) mass is 314 g/mol. The van der Waals surface area contributed by atoms with Crippen molar-refractivity contribution in [3.05, 3.63) is 36.2 Å². The summed E-state index contributed by atoms with van der Waals surface area (Å²) in [6, 6.07) is 8.42. The van der Waals surface area contributed by atoms with Crippen LogP contribution in [0.15, 0.2) is 30.6 Å². The summed E-state index contributed by atoms with van der Waals surface area (Å²) in [6.45, 7) is 4.88. The maximum Gasteiger partial charge on any atom is 0.224 e. The minimum absolute atomic E-state index is 0.0621. The molecule has 1 aromatic heterocycles. The summed E-state index contributed by atoms with van der Waals surface area (Å²) in [7, 11) is 0. The van der Waals surface area contributed by atoms with Crippen LogP contribution in [0.3, 0.4) is 0 Å². The lowest BCUT2D eigenvalue weighted by Crippen LogP contribution is -2.36. The summed E-state index contributed by atoms with van der Waals surface area (Å²) >= 11 is 0. The normalized spacial score (nSPS) is 14.2. The van der Waals surface area contributed by atoms with E-state index in [1.54, 1.807) is 11.0 Å². The molecule has 3 rings (SSSR count). The molecule has 0 radical (unpaired) electrons. The van der Waals surface area contributed by atoms with E-state index in [1.165, 1.54) is 12.8 Å². The highest BCUT2D eigenvalue weighted by atomic mass is 16.1. The van der Waals surface area contributed by atoms with Gasteiger partial charge in [0.1, 0.15) is 6.33 Å². The molecule has 0 aliphatic heterocycles. The zero-order valence-corrected chi connectivity index (χ0v) is 13.4. The molecule has 122 valence electrons. The number of nitrogens with one attached hydrogen (secondary N) is 1. The lowest BCUT2D eigenvalue weighted by Gasteiger charge is -2.19. The van der Waals surface area contributed by atoms with Crippen molar-refractivity contribution < 1.29 is 4.79 Å². The number of tetrazole rings is 1. The van der Waals surface area contributed by atoms with Gasteiger partial charge in [0.15, 0.2) is 0 Å². The van der Waals surface area contributed by atoms with Gasteiger partial charge in [0.05, 0.1) is 12.1 Å². The van der Waals surface area contributed by atoms with Crippen LogP contribution in [-0.4, -0.2) is 56.7 Å². The fraction of sp³-hybridized carbons (Fsp3) is 0.500. The molecule has 1 aromatic carbocycles. The average Bonchev–Trinajstić information content (AvgIpc) is 3.26. The molecule has 1 N–H and O–H groups in total. The fourth-order valence-electron chi connectivity index (χ4n) is 2.67. The number of nitrogens with zero attached hydrogens (tertiary/aromatic N) is 5. The molecule has 0 spiro atoms. The van der Waals surface area contributed by atoms with Crippen LogP contribution in [0.25, 0.3) is 5.69 Å². The van der Waals surface area contributed by atoms with Crippen LogP contribution in [0.1, 0.15) is 25.3 Å². The Hall–Kier alpha value is -2.28. The number of likely N-dealkylation sites (N-methyl/N-ethyl adjacent to an activating group) is 1. The maximum atomic E-state index is 12.0. The lowest BCUT2D eigenvalue weighted by molar-refractivity contribution is -0.120. The number of amides is 1. The third kappa shape index (κ3) is 4.35. The molecule has 1 aliphatic carbocycles. The second kappa shape index (κ2) is 7.32. The second-order valence-corrected chi connectivity index (χ2v) is 5.81. The first-order chi connectivity index (χ1) is 11.3. The summed E-state index contributed by atoms with van der Waals surface area (Å²) in [4.78, 5) is 14.4. The van der Waals surface area contributed by atoms with Crippen molar-refractivity contribution >= 4 is 5.91 Å². The van der Waals surface area contributed by atoms with Crippen LogP contribution in [0, 0.1) is 0 Å². The molecule has 0 bridgehead atoms. The van der Waals surface area contributed by atoms with Crippen LogP contribution in [-0.2, 0) is 11.2 Å². The van der Waals surface area contributed by atoms with Crippen molar-refractivity contribution in [1.82, 2.24) is 30.4 Å². The molecule has 1 saturated carbocycles. The molecule has 0 atom stereocenters. The Kier molecular flexibility index (Phi) is 4.97. The topological polar surface area (TPSA) is 75.9 Å². The second-order valence-electron chi connectivity index (χ2n) is 5.81. The van der Waals surface area contributed by atoms with Gasteiger partial charge in [0.2, 0.25) is 5.91 Å². The largest absolute Gasteiger partial charge is 0.355 e. The smallest absolute Gasteiger partial charge is 0.224 e. The lowest BCUT2D eigenvalue weighted by atomic mass is 10.1. The number of hydrogen-bond acceptors (Lipinski definition) is 5. The van der Waals surface area contributed by atoms with Crippen molar-refractivity contribution in [2.75, 3.05) is 19.6 Å². The van der Waals surface area contributed by atoms with Crippen molar-refractivity contribution in [2.45, 2.75) is 32.2 Å². The van der Waals surface area contributed by atoms with E-state index in [4.69, 9.17) is 0 Å². The van der Waals surface area contributed by atoms with E-state index in [9.17, 15) is 4.79 Å². The van der Waals surface area contributed by atoms with Crippen molar-refractivity contribution in [1.29, 1.82) is 0 Å². The SMILES string of the molecule is CCN(CCNC(=O)Cc1ccc(-n2cnnn2)cc1)C1CC1. The molecule has 7 nitrogen and oxygen atoms in total. The molecular weight excluding hydrogens is 292 g/mol. The Balaban J connectivity index is 1.44. The quantitative estimate of drug-likeness (QED) is 0.780. The third-order valence-electron chi connectivity index (χ3n) is 4.11. The predicted octanol–water partition coefficient (Wildman–Crippen LogP) is 0.805. The van der Waals surface area contributed by atoms with Crippen molar-refractivity contribution in [3.63, 3.8) is 0 Å². The molecule has 2 aromatic rings. The van der Waals surface area contributed by atoms with Crippen LogP contribution < -0.4 is 5.32 Å². The fourth-order valence-corrected chi connectivity index (χ4v) is 2.67. The van der Waals surface area contributed by atoms with Gasteiger partial charge in [-0.15, -0.1) is 5.10 Å². The van der Waals surface area contributed by atoms with Gasteiger partial charge in [-0.25, -0.2) is 4.68 Å². The van der Waals surface area contributed by atoms with Gasteiger partial charge in [0.25, 0.3) is 0 Å². The molecule has 0 unspecified atom stereocenters. The highest BCUT2D eigenvalue weighted by molar-refractivity contribution is 5.78. The van der Waals surface area contributed by atoms with Gasteiger partial charge in [-0.2, -0.15) is 0 Å². The van der Waals surface area contributed by atoms with Gasteiger partial charge in [0, 0.05) is 19.1 Å². The maximum absolute atomic E-state index is 12.0. The van der Waals surface area contributed by atoms with E-state index in [-0.39, 0.29) is 5.91 Å². The summed E-state index contributed by atoms with van der Waals surface area (Å²) in [5.41, 5.74) is 1.86. The van der Waals surface area contributed by atoms with Gasteiger partial charge >= 0.3 is 0 Å². The number of hydrogen-bond donors (Lipinski definition) is 1. The summed E-state index contributed by atoms with van der Waals surface area (Å²) in [5.74, 6) is 0.0621. The molecule has 7 heteroatoms. The molecule has 0 saturated heterocycles. The zero-order chi connectivity index (χ0) is 16.1. The summed E-state index contributed by atoms with van der Waals surface area (Å²) in [6.07, 6.45) is 4.54. The van der Waals surface area contributed by atoms with Gasteiger partial charge < -0.3 is 5.32 Å². The minimum atomic E-state index is 0.0621. The number of aromatic nitrogens is 4. The number of carbonyl (C=O) groups is 1. The molecule has 1 fully saturated rings. The Morgan fingerprint density at radius 3 is 2.74 bits per heavy atom. The first-order valence-electron chi connectivity index (χ1n) is 8.09. The van der Waals surface area contributed by atoms with Crippen molar-refractivity contribution in [3.8, 4) is 5.69 Å². The highest BCUT2D eigenvalue weighted by Crippen LogP contribution is 2.25. The van der Waals surface area contributed by atoms with Gasteiger partial charge in [-0.1, -0.05) is 19.1 Å². The number of carbonyl (C=O) groups excluding carboxylic acids is 1. The van der Waals surface area contributed by atoms with Crippen LogP contribution >= 0.6 is 0 Å². The van der Waals surface area contributed by atoms with E-state index in [0.717, 1.165) is 30.4 Å². The van der Waals surface area contributed by atoms with Crippen LogP contribution in [0.4, 0.5) is 0 Å². The Bertz CT molecular complexity index is 621. The summed E-state index contributed by atoms with van der Waals surface area (Å²) < 4.78 is 1.58. The zero-order valence-electron chi connectivity index (χ0n) is 13.4. The highest BCUT2D eigenvalue weighted by Gasteiger charge is 2.27. The Labute approximate surface area is 135 Å². The van der Waals surface area contributed by atoms with E-state index in [0.29, 0.717) is 13.0 Å². The number of rotatable bonds is 8. The van der Waals surface area contributed by atoms with E-state index in [1.807, 2.05) is 24.3 Å². The molecule has 23 heavy (non-hydrogen) atoms. The predicted molar refractivity (Wildman–Crippen MR) is 86.1 cm³/mol. The molecule has 1 amide bonds.